The average Bonchev–Trinajstić information content (AvgIpc) is 3.03. The largest absolute Gasteiger partial charge is 0.334 e. The van der Waals surface area contributed by atoms with Gasteiger partial charge in [-0.15, -0.1) is 0 Å². The van der Waals surface area contributed by atoms with Crippen LogP contribution in [0.4, 0.5) is 4.79 Å². The summed E-state index contributed by atoms with van der Waals surface area (Å²) < 4.78 is 1.88. The van der Waals surface area contributed by atoms with Crippen LogP contribution in [0.25, 0.3) is 0 Å². The fourth-order valence-corrected chi connectivity index (χ4v) is 4.14. The lowest BCUT2D eigenvalue weighted by atomic mass is 9.85. The average molecular weight is 348 g/mol. The van der Waals surface area contributed by atoms with Crippen LogP contribution in [-0.2, 0) is 13.1 Å². The van der Waals surface area contributed by atoms with E-state index in [1.807, 2.05) is 22.0 Å². The number of aromatic nitrogens is 2. The van der Waals surface area contributed by atoms with E-state index in [0.717, 1.165) is 51.1 Å². The van der Waals surface area contributed by atoms with Crippen LogP contribution >= 0.6 is 0 Å². The molecule has 3 rings (SSSR count). The van der Waals surface area contributed by atoms with Crippen LogP contribution in [0.3, 0.4) is 0 Å². The molecule has 0 aromatic carbocycles. The number of piperidine rings is 1. The number of hydrogen-bond acceptors (Lipinski definition) is 4. The number of urea groups is 1. The first kappa shape index (κ1) is 18.2. The van der Waals surface area contributed by atoms with E-state index in [-0.39, 0.29) is 11.6 Å². The minimum absolute atomic E-state index is 0.0451. The topological polar surface area (TPSA) is 56.6 Å². The van der Waals surface area contributed by atoms with Crippen LogP contribution in [0.1, 0.15) is 31.7 Å². The molecular weight excluding hydrogens is 316 g/mol. The van der Waals surface area contributed by atoms with Crippen molar-refractivity contribution in [2.24, 2.45) is 0 Å². The monoisotopic (exact) mass is 348 g/mol. The van der Waals surface area contributed by atoms with E-state index in [9.17, 15) is 4.79 Å². The van der Waals surface area contributed by atoms with Crippen LogP contribution in [0.5, 0.6) is 0 Å². The number of nitrogens with one attached hydrogen (secondary N) is 1. The van der Waals surface area contributed by atoms with E-state index >= 15 is 0 Å². The summed E-state index contributed by atoms with van der Waals surface area (Å²) in [7, 11) is 4.47. The zero-order chi connectivity index (χ0) is 17.9. The Balaban J connectivity index is 1.51. The molecule has 0 atom stereocenters. The second-order valence-electron chi connectivity index (χ2n) is 7.59. The van der Waals surface area contributed by atoms with Crippen molar-refractivity contribution in [1.29, 1.82) is 0 Å². The smallest absolute Gasteiger partial charge is 0.317 e. The molecule has 1 aromatic heterocycles. The Bertz CT molecular complexity index is 578. The fourth-order valence-electron chi connectivity index (χ4n) is 4.14. The standard InChI is InChI=1S/C18H32N6O/c1-4-24-14-16(13-20-24)12-19-17(25)23-10-6-18(7-11-23)15-21(2)8-5-9-22(18)3/h13-14H,4-12,15H2,1-3H3,(H,19,25). The van der Waals surface area contributed by atoms with Crippen LogP contribution in [0, 0.1) is 0 Å². The summed E-state index contributed by atoms with van der Waals surface area (Å²) in [5, 5.41) is 7.29. The molecule has 0 saturated carbocycles. The van der Waals surface area contributed by atoms with E-state index < -0.39 is 0 Å². The van der Waals surface area contributed by atoms with Crippen LogP contribution in [-0.4, -0.2) is 82.9 Å². The van der Waals surface area contributed by atoms with Gasteiger partial charge in [0.2, 0.25) is 0 Å². The predicted molar refractivity (Wildman–Crippen MR) is 98.4 cm³/mol. The second-order valence-corrected chi connectivity index (χ2v) is 7.59. The summed E-state index contributed by atoms with van der Waals surface area (Å²) in [5.41, 5.74) is 1.28. The lowest BCUT2D eigenvalue weighted by molar-refractivity contribution is 0.0423. The molecule has 2 aliphatic rings. The first-order valence-corrected chi connectivity index (χ1v) is 9.46. The van der Waals surface area contributed by atoms with E-state index in [2.05, 4.69) is 41.2 Å². The van der Waals surface area contributed by atoms with E-state index in [4.69, 9.17) is 0 Å². The van der Waals surface area contributed by atoms with Gasteiger partial charge in [-0.1, -0.05) is 0 Å². The minimum atomic E-state index is 0.0451. The molecule has 2 amide bonds. The molecule has 0 unspecified atom stereocenters. The Labute approximate surface area is 150 Å². The van der Waals surface area contributed by atoms with Gasteiger partial charge in [-0.25, -0.2) is 4.79 Å². The van der Waals surface area contributed by atoms with E-state index in [1.165, 1.54) is 13.0 Å². The lowest BCUT2D eigenvalue weighted by Crippen LogP contribution is -2.59. The van der Waals surface area contributed by atoms with Gasteiger partial charge in [0.25, 0.3) is 0 Å². The quantitative estimate of drug-likeness (QED) is 0.892. The normalized spacial score (nSPS) is 22.1. The number of rotatable bonds is 3. The van der Waals surface area contributed by atoms with Gasteiger partial charge in [-0.3, -0.25) is 9.58 Å². The second kappa shape index (κ2) is 7.74. The molecule has 0 radical (unpaired) electrons. The first-order valence-electron chi connectivity index (χ1n) is 9.46. The molecule has 140 valence electrons. The molecule has 1 N–H and O–H groups in total. The Morgan fingerprint density at radius 2 is 2.00 bits per heavy atom. The summed E-state index contributed by atoms with van der Waals surface area (Å²) in [6.07, 6.45) is 7.14. The molecule has 3 heterocycles. The summed E-state index contributed by atoms with van der Waals surface area (Å²) in [4.78, 5) is 19.4. The highest BCUT2D eigenvalue weighted by atomic mass is 16.2. The van der Waals surface area contributed by atoms with Gasteiger partial charge in [0, 0.05) is 50.0 Å². The zero-order valence-corrected chi connectivity index (χ0v) is 15.9. The highest BCUT2D eigenvalue weighted by Crippen LogP contribution is 2.30. The van der Waals surface area contributed by atoms with Gasteiger partial charge in [0.15, 0.2) is 0 Å². The number of nitrogens with zero attached hydrogens (tertiary/aromatic N) is 5. The van der Waals surface area contributed by atoms with Gasteiger partial charge in [0.05, 0.1) is 6.20 Å². The van der Waals surface area contributed by atoms with Crippen LogP contribution < -0.4 is 5.32 Å². The molecule has 1 spiro atoms. The molecule has 25 heavy (non-hydrogen) atoms. The van der Waals surface area contributed by atoms with Gasteiger partial charge in [0.1, 0.15) is 0 Å². The molecule has 0 bridgehead atoms. The van der Waals surface area contributed by atoms with Crippen LogP contribution in [0.15, 0.2) is 12.4 Å². The van der Waals surface area contributed by atoms with Crippen molar-refractivity contribution in [3.05, 3.63) is 18.0 Å². The van der Waals surface area contributed by atoms with Crippen LogP contribution in [0.2, 0.25) is 0 Å². The predicted octanol–water partition coefficient (Wildman–Crippen LogP) is 1.21. The summed E-state index contributed by atoms with van der Waals surface area (Å²) in [5.74, 6) is 0. The molecule has 2 aliphatic heterocycles. The van der Waals surface area contributed by atoms with Gasteiger partial charge in [-0.05, 0) is 53.4 Å². The highest BCUT2D eigenvalue weighted by molar-refractivity contribution is 5.74. The number of aryl methyl sites for hydroxylation is 1. The Kier molecular flexibility index (Phi) is 5.64. The van der Waals surface area contributed by atoms with E-state index in [1.54, 1.807) is 0 Å². The third-order valence-corrected chi connectivity index (χ3v) is 5.84. The number of hydrogen-bond donors (Lipinski definition) is 1. The molecule has 1 aromatic rings. The maximum Gasteiger partial charge on any atom is 0.317 e. The summed E-state index contributed by atoms with van der Waals surface area (Å²) in [6.45, 7) is 8.54. The van der Waals surface area contributed by atoms with Crippen molar-refractivity contribution in [2.75, 3.05) is 46.8 Å². The summed E-state index contributed by atoms with van der Waals surface area (Å²) >= 11 is 0. The van der Waals surface area contributed by atoms with Crippen molar-refractivity contribution >= 4 is 6.03 Å². The zero-order valence-electron chi connectivity index (χ0n) is 15.9. The summed E-state index contributed by atoms with van der Waals surface area (Å²) in [6, 6.07) is 0.0451. The number of likely N-dealkylation sites (N-methyl/N-ethyl adjacent to an activating group) is 2. The van der Waals surface area contributed by atoms with Gasteiger partial charge >= 0.3 is 6.03 Å². The Morgan fingerprint density at radius 3 is 2.68 bits per heavy atom. The number of amides is 2. The molecule has 2 fully saturated rings. The van der Waals surface area contributed by atoms with Crippen molar-refractivity contribution < 1.29 is 4.79 Å². The molecule has 7 nitrogen and oxygen atoms in total. The van der Waals surface area contributed by atoms with Gasteiger partial charge < -0.3 is 15.1 Å². The van der Waals surface area contributed by atoms with E-state index in [0.29, 0.717) is 6.54 Å². The molecule has 2 saturated heterocycles. The SMILES string of the molecule is CCn1cc(CNC(=O)N2CCC3(CC2)CN(C)CCCN3C)cn1. The molecule has 7 heteroatoms. The van der Waals surface area contributed by atoms with Gasteiger partial charge in [-0.2, -0.15) is 5.10 Å². The minimum Gasteiger partial charge on any atom is -0.334 e. The number of carbonyl (C=O) groups excluding carboxylic acids is 1. The van der Waals surface area contributed by atoms with Crippen molar-refractivity contribution in [2.45, 2.75) is 44.8 Å². The lowest BCUT2D eigenvalue weighted by Gasteiger charge is -2.47. The number of likely N-dealkylation sites (tertiary alicyclic amines) is 1. The Hall–Kier alpha value is -1.60. The van der Waals surface area contributed by atoms with Crippen molar-refractivity contribution in [3.63, 3.8) is 0 Å². The molecular formula is C18H32N6O. The third kappa shape index (κ3) is 4.15. The fraction of sp³-hybridized carbons (Fsp3) is 0.778. The highest BCUT2D eigenvalue weighted by Gasteiger charge is 2.40. The Morgan fingerprint density at radius 1 is 1.24 bits per heavy atom. The molecule has 0 aliphatic carbocycles. The third-order valence-electron chi connectivity index (χ3n) is 5.84. The number of carbonyl (C=O) groups is 1. The first-order chi connectivity index (χ1) is 12.0. The maximum absolute atomic E-state index is 12.5. The van der Waals surface area contributed by atoms with Crippen molar-refractivity contribution in [3.8, 4) is 0 Å². The maximum atomic E-state index is 12.5. The van der Waals surface area contributed by atoms with Crippen molar-refractivity contribution in [1.82, 2.24) is 29.8 Å².